The standard InChI is InChI=1S/C20H30/c1-14-13-18(5)10-11-19-15(2)7-6-8-17(19,4)9-12-20(18,19)16(14)3/h13,15H,3,6-12H2,1-2,4-5H3/t15-,17+,18-,19+,20+/m1/s1. The predicted octanol–water partition coefficient (Wildman–Crippen LogP) is 5.90. The van der Waals surface area contributed by atoms with Crippen LogP contribution in [-0.2, 0) is 0 Å². The minimum absolute atomic E-state index is 0.400. The Kier molecular flexibility index (Phi) is 2.27. The Balaban J connectivity index is 1.99. The van der Waals surface area contributed by atoms with Gasteiger partial charge in [-0.2, -0.15) is 0 Å². The minimum Gasteiger partial charge on any atom is -0.0950 e. The second-order valence-corrected chi connectivity index (χ2v) is 8.95. The molecule has 5 atom stereocenters. The Morgan fingerprint density at radius 1 is 1.10 bits per heavy atom. The van der Waals surface area contributed by atoms with Crippen LogP contribution in [0.1, 0.15) is 72.6 Å². The van der Waals surface area contributed by atoms with E-state index in [1.807, 2.05) is 0 Å². The monoisotopic (exact) mass is 270 g/mol. The van der Waals surface area contributed by atoms with E-state index in [2.05, 4.69) is 40.3 Å². The summed E-state index contributed by atoms with van der Waals surface area (Å²) >= 11 is 0. The van der Waals surface area contributed by atoms with Crippen LogP contribution >= 0.6 is 0 Å². The van der Waals surface area contributed by atoms with Crippen molar-refractivity contribution in [1.82, 2.24) is 0 Å². The van der Waals surface area contributed by atoms with E-state index in [9.17, 15) is 0 Å². The number of allylic oxidation sites excluding steroid dienone is 3. The van der Waals surface area contributed by atoms with Crippen LogP contribution < -0.4 is 0 Å². The maximum absolute atomic E-state index is 4.64. The lowest BCUT2D eigenvalue weighted by Gasteiger charge is -2.58. The van der Waals surface area contributed by atoms with Gasteiger partial charge < -0.3 is 0 Å². The van der Waals surface area contributed by atoms with Crippen molar-refractivity contribution in [1.29, 1.82) is 0 Å². The number of hydrogen-bond donors (Lipinski definition) is 0. The highest BCUT2D eigenvalue weighted by atomic mass is 14.8. The van der Waals surface area contributed by atoms with E-state index in [1.165, 1.54) is 56.1 Å². The van der Waals surface area contributed by atoms with Gasteiger partial charge in [0.15, 0.2) is 0 Å². The molecule has 4 aliphatic carbocycles. The summed E-state index contributed by atoms with van der Waals surface area (Å²) in [5.41, 5.74) is 4.95. The van der Waals surface area contributed by atoms with Gasteiger partial charge in [-0.15, -0.1) is 0 Å². The lowest BCUT2D eigenvalue weighted by molar-refractivity contribution is -0.0787. The van der Waals surface area contributed by atoms with Crippen LogP contribution in [0.5, 0.6) is 0 Å². The fraction of sp³-hybridized carbons (Fsp3) is 0.800. The maximum Gasteiger partial charge on any atom is 0.0102 e. The van der Waals surface area contributed by atoms with E-state index in [-0.39, 0.29) is 0 Å². The van der Waals surface area contributed by atoms with E-state index in [1.54, 1.807) is 0 Å². The number of hydrogen-bond acceptors (Lipinski definition) is 0. The Morgan fingerprint density at radius 3 is 2.60 bits per heavy atom. The molecule has 0 heteroatoms. The smallest absolute Gasteiger partial charge is 0.0102 e. The Bertz CT molecular complexity index is 526. The first-order valence-corrected chi connectivity index (χ1v) is 8.72. The summed E-state index contributed by atoms with van der Waals surface area (Å²) in [4.78, 5) is 0. The van der Waals surface area contributed by atoms with Crippen LogP contribution in [-0.4, -0.2) is 0 Å². The molecule has 0 aromatic carbocycles. The third-order valence-electron chi connectivity index (χ3n) is 8.64. The molecule has 2 spiro atoms. The summed E-state index contributed by atoms with van der Waals surface area (Å²) in [5.74, 6) is 0.877. The van der Waals surface area contributed by atoms with Crippen molar-refractivity contribution in [3.8, 4) is 0 Å². The molecular formula is C20H30. The molecule has 110 valence electrons. The third kappa shape index (κ3) is 1.01. The average molecular weight is 270 g/mol. The molecule has 3 saturated carbocycles. The van der Waals surface area contributed by atoms with Gasteiger partial charge in [0.2, 0.25) is 0 Å². The Morgan fingerprint density at radius 2 is 1.85 bits per heavy atom. The van der Waals surface area contributed by atoms with Crippen molar-refractivity contribution in [2.45, 2.75) is 72.6 Å². The zero-order chi connectivity index (χ0) is 14.4. The predicted molar refractivity (Wildman–Crippen MR) is 85.5 cm³/mol. The topological polar surface area (TPSA) is 0 Å². The van der Waals surface area contributed by atoms with Crippen LogP contribution in [0.2, 0.25) is 0 Å². The second-order valence-electron chi connectivity index (χ2n) is 8.95. The lowest BCUT2D eigenvalue weighted by Crippen LogP contribution is -2.52. The highest BCUT2D eigenvalue weighted by Crippen LogP contribution is 2.85. The minimum atomic E-state index is 0.400. The highest BCUT2D eigenvalue weighted by molar-refractivity contribution is 5.51. The highest BCUT2D eigenvalue weighted by Gasteiger charge is 2.77. The van der Waals surface area contributed by atoms with Crippen LogP contribution in [0.15, 0.2) is 23.8 Å². The van der Waals surface area contributed by atoms with Crippen molar-refractivity contribution >= 4 is 0 Å². The molecule has 0 unspecified atom stereocenters. The molecule has 0 aromatic rings. The Hall–Kier alpha value is -0.520. The van der Waals surface area contributed by atoms with E-state index in [0.29, 0.717) is 21.7 Å². The van der Waals surface area contributed by atoms with Gasteiger partial charge in [-0.1, -0.05) is 51.8 Å². The quantitative estimate of drug-likeness (QED) is 0.514. The first-order chi connectivity index (χ1) is 9.33. The normalized spacial score (nSPS) is 57.3. The van der Waals surface area contributed by atoms with Crippen molar-refractivity contribution < 1.29 is 0 Å². The van der Waals surface area contributed by atoms with Crippen LogP contribution in [0.3, 0.4) is 0 Å². The molecule has 0 N–H and O–H groups in total. The van der Waals surface area contributed by atoms with Gasteiger partial charge in [0.1, 0.15) is 0 Å². The van der Waals surface area contributed by atoms with Crippen LogP contribution in [0.25, 0.3) is 0 Å². The summed E-state index contributed by atoms with van der Waals surface area (Å²) in [6, 6.07) is 0. The summed E-state index contributed by atoms with van der Waals surface area (Å²) in [5, 5.41) is 0. The van der Waals surface area contributed by atoms with Crippen molar-refractivity contribution in [2.75, 3.05) is 0 Å². The summed E-state index contributed by atoms with van der Waals surface area (Å²) in [6.07, 6.45) is 12.6. The molecule has 0 radical (unpaired) electrons. The molecule has 0 heterocycles. The summed E-state index contributed by atoms with van der Waals surface area (Å²) in [6.45, 7) is 14.7. The van der Waals surface area contributed by atoms with Crippen molar-refractivity contribution in [2.24, 2.45) is 27.6 Å². The van der Waals surface area contributed by atoms with Gasteiger partial charge in [-0.05, 0) is 66.8 Å². The van der Waals surface area contributed by atoms with Crippen molar-refractivity contribution in [3.63, 3.8) is 0 Å². The zero-order valence-electron chi connectivity index (χ0n) is 13.8. The molecule has 20 heavy (non-hydrogen) atoms. The summed E-state index contributed by atoms with van der Waals surface area (Å²) < 4.78 is 0. The van der Waals surface area contributed by atoms with Crippen LogP contribution in [0.4, 0.5) is 0 Å². The molecular weight excluding hydrogens is 240 g/mol. The average Bonchev–Trinajstić information content (AvgIpc) is 2.88. The molecule has 0 aliphatic heterocycles. The fourth-order valence-corrected chi connectivity index (χ4v) is 7.92. The first kappa shape index (κ1) is 13.2. The van der Waals surface area contributed by atoms with Gasteiger partial charge >= 0.3 is 0 Å². The fourth-order valence-electron chi connectivity index (χ4n) is 7.92. The van der Waals surface area contributed by atoms with Gasteiger partial charge in [0.25, 0.3) is 0 Å². The van der Waals surface area contributed by atoms with Gasteiger partial charge in [0, 0.05) is 5.41 Å². The van der Waals surface area contributed by atoms with Gasteiger partial charge in [-0.25, -0.2) is 0 Å². The molecule has 4 aliphatic rings. The van der Waals surface area contributed by atoms with Gasteiger partial charge in [-0.3, -0.25) is 0 Å². The first-order valence-electron chi connectivity index (χ1n) is 8.72. The van der Waals surface area contributed by atoms with Crippen LogP contribution in [0, 0.1) is 27.6 Å². The van der Waals surface area contributed by atoms with Gasteiger partial charge in [0.05, 0.1) is 0 Å². The molecule has 0 bridgehead atoms. The maximum atomic E-state index is 4.64. The summed E-state index contributed by atoms with van der Waals surface area (Å²) in [7, 11) is 0. The lowest BCUT2D eigenvalue weighted by atomic mass is 9.45. The molecule has 0 nitrogen and oxygen atoms in total. The second kappa shape index (κ2) is 3.45. The van der Waals surface area contributed by atoms with E-state index < -0.39 is 0 Å². The molecule has 0 aromatic heterocycles. The van der Waals surface area contributed by atoms with E-state index in [0.717, 1.165) is 5.92 Å². The molecule has 0 saturated heterocycles. The molecule has 0 amide bonds. The van der Waals surface area contributed by atoms with E-state index in [4.69, 9.17) is 0 Å². The largest absolute Gasteiger partial charge is 0.0950 e. The van der Waals surface area contributed by atoms with E-state index >= 15 is 0 Å². The number of rotatable bonds is 0. The van der Waals surface area contributed by atoms with Crippen molar-refractivity contribution in [3.05, 3.63) is 23.8 Å². The molecule has 3 fully saturated rings. The Labute approximate surface area is 124 Å². The molecule has 4 rings (SSSR count). The zero-order valence-corrected chi connectivity index (χ0v) is 13.8. The third-order valence-corrected chi connectivity index (χ3v) is 8.64. The SMILES string of the molecule is C=C1C(C)=C[C@@]2(C)CC[C@]34[C@H](C)CCC[C@@]3(C)CC[C@@]142.